The minimum absolute atomic E-state index is 0.660. The molecule has 1 nitrogen and oxygen atoms in total. The second kappa shape index (κ2) is 6.35. The maximum atomic E-state index is 3.71. The smallest absolute Gasteiger partial charge is 0.0244 e. The fourth-order valence-corrected chi connectivity index (χ4v) is 3.38. The van der Waals surface area contributed by atoms with Gasteiger partial charge in [0.05, 0.1) is 0 Å². The molecule has 1 aromatic rings. The predicted octanol–water partition coefficient (Wildman–Crippen LogP) is 4.44. The maximum absolute atomic E-state index is 3.71. The van der Waals surface area contributed by atoms with Crippen molar-refractivity contribution in [1.29, 1.82) is 0 Å². The summed E-state index contributed by atoms with van der Waals surface area (Å²) in [6, 6.07) is 8.53. The van der Waals surface area contributed by atoms with Gasteiger partial charge in [-0.25, -0.2) is 0 Å². The van der Waals surface area contributed by atoms with E-state index in [1.54, 1.807) is 0 Å². The molecule has 1 fully saturated rings. The van der Waals surface area contributed by atoms with E-state index in [1.165, 1.54) is 36.0 Å². The Bertz CT molecular complexity index is 357. The molecule has 1 aliphatic heterocycles. The van der Waals surface area contributed by atoms with Gasteiger partial charge in [-0.2, -0.15) is 0 Å². The number of alkyl halides is 1. The van der Waals surface area contributed by atoms with E-state index in [-0.39, 0.29) is 0 Å². The molecule has 0 radical (unpaired) electrons. The molecule has 0 aromatic heterocycles. The van der Waals surface area contributed by atoms with Gasteiger partial charge in [0, 0.05) is 15.8 Å². The van der Waals surface area contributed by atoms with Crippen LogP contribution in [0.5, 0.6) is 0 Å². The van der Waals surface area contributed by atoms with E-state index in [0.717, 1.165) is 12.5 Å². The highest BCUT2D eigenvalue weighted by molar-refractivity contribution is 9.10. The number of hydrogen-bond acceptors (Lipinski definition) is 1. The van der Waals surface area contributed by atoms with Gasteiger partial charge in [-0.1, -0.05) is 57.0 Å². The van der Waals surface area contributed by atoms with Crippen LogP contribution in [0, 0.1) is 5.92 Å². The third kappa shape index (κ3) is 3.80. The summed E-state index contributed by atoms with van der Waals surface area (Å²) >= 11 is 7.33. The summed E-state index contributed by atoms with van der Waals surface area (Å²) in [5.41, 5.74) is 1.40. The van der Waals surface area contributed by atoms with Crippen LogP contribution in [-0.2, 0) is 6.54 Å². The summed E-state index contributed by atoms with van der Waals surface area (Å²) in [6.45, 7) is 5.79. The molecule has 3 heteroatoms. The molecule has 1 atom stereocenters. The Balaban J connectivity index is 1.88. The van der Waals surface area contributed by atoms with Gasteiger partial charge in [0.1, 0.15) is 0 Å². The Kier molecular flexibility index (Phi) is 5.07. The zero-order valence-corrected chi connectivity index (χ0v) is 13.4. The minimum atomic E-state index is 0.660. The Morgan fingerprint density at radius 2 is 1.94 bits per heavy atom. The van der Waals surface area contributed by atoms with Gasteiger partial charge in [-0.05, 0) is 43.5 Å². The van der Waals surface area contributed by atoms with Crippen LogP contribution < -0.4 is 0 Å². The Morgan fingerprint density at radius 1 is 1.29 bits per heavy atom. The second-order valence-electron chi connectivity index (χ2n) is 4.88. The lowest BCUT2D eigenvalue weighted by atomic mass is 9.94. The molecule has 17 heavy (non-hydrogen) atoms. The SMILES string of the molecule is CC(Br)C1CCN(Cc2ccccc2Br)CC1. The van der Waals surface area contributed by atoms with Crippen molar-refractivity contribution >= 4 is 31.9 Å². The number of benzene rings is 1. The number of halogens is 2. The van der Waals surface area contributed by atoms with Crippen molar-refractivity contribution in [1.82, 2.24) is 4.90 Å². The van der Waals surface area contributed by atoms with Crippen molar-refractivity contribution in [2.75, 3.05) is 13.1 Å². The molecular formula is C14H19Br2N. The van der Waals surface area contributed by atoms with Crippen LogP contribution >= 0.6 is 31.9 Å². The van der Waals surface area contributed by atoms with Crippen molar-refractivity contribution in [3.63, 3.8) is 0 Å². The molecule has 1 aliphatic rings. The molecule has 0 aliphatic carbocycles. The lowest BCUT2D eigenvalue weighted by molar-refractivity contribution is 0.178. The van der Waals surface area contributed by atoms with Crippen LogP contribution in [0.3, 0.4) is 0 Å². The van der Waals surface area contributed by atoms with Gasteiger partial charge in [0.25, 0.3) is 0 Å². The highest BCUT2D eigenvalue weighted by atomic mass is 79.9. The molecule has 2 rings (SSSR count). The topological polar surface area (TPSA) is 3.24 Å². The molecule has 1 aromatic carbocycles. The highest BCUT2D eigenvalue weighted by Crippen LogP contribution is 2.26. The van der Waals surface area contributed by atoms with E-state index in [4.69, 9.17) is 0 Å². The van der Waals surface area contributed by atoms with Crippen LogP contribution in [0.25, 0.3) is 0 Å². The quantitative estimate of drug-likeness (QED) is 0.720. The fourth-order valence-electron chi connectivity index (χ4n) is 2.44. The maximum Gasteiger partial charge on any atom is 0.0244 e. The molecule has 0 bridgehead atoms. The lowest BCUT2D eigenvalue weighted by Gasteiger charge is -2.33. The standard InChI is InChI=1S/C14H19Br2N/c1-11(15)12-6-8-17(9-7-12)10-13-4-2-3-5-14(13)16/h2-5,11-12H,6-10H2,1H3. The Hall–Kier alpha value is 0.140. The van der Waals surface area contributed by atoms with Crippen LogP contribution in [0.4, 0.5) is 0 Å². The zero-order chi connectivity index (χ0) is 12.3. The van der Waals surface area contributed by atoms with Gasteiger partial charge < -0.3 is 0 Å². The van der Waals surface area contributed by atoms with Gasteiger partial charge >= 0.3 is 0 Å². The van der Waals surface area contributed by atoms with Crippen LogP contribution in [0.1, 0.15) is 25.3 Å². The Labute approximate surface area is 121 Å². The van der Waals surface area contributed by atoms with Crippen molar-refractivity contribution in [2.24, 2.45) is 5.92 Å². The Morgan fingerprint density at radius 3 is 2.53 bits per heavy atom. The lowest BCUT2D eigenvalue weighted by Crippen LogP contribution is -2.35. The first kappa shape index (κ1) is 13.6. The molecule has 1 saturated heterocycles. The summed E-state index contributed by atoms with van der Waals surface area (Å²) in [5.74, 6) is 0.852. The van der Waals surface area contributed by atoms with E-state index in [2.05, 4.69) is 67.9 Å². The zero-order valence-electron chi connectivity index (χ0n) is 10.2. The molecule has 0 saturated carbocycles. The van der Waals surface area contributed by atoms with E-state index >= 15 is 0 Å². The third-order valence-corrected chi connectivity index (χ3v) is 5.15. The number of rotatable bonds is 3. The third-order valence-electron chi connectivity index (χ3n) is 3.63. The average Bonchev–Trinajstić information content (AvgIpc) is 2.33. The molecule has 1 unspecified atom stereocenters. The predicted molar refractivity (Wildman–Crippen MR) is 80.5 cm³/mol. The molecule has 0 spiro atoms. The summed E-state index contributed by atoms with van der Waals surface area (Å²) in [4.78, 5) is 3.22. The van der Waals surface area contributed by atoms with Gasteiger partial charge in [0.2, 0.25) is 0 Å². The molecule has 1 heterocycles. The van der Waals surface area contributed by atoms with Crippen molar-refractivity contribution in [2.45, 2.75) is 31.1 Å². The first-order valence-corrected chi connectivity index (χ1v) is 7.97. The van der Waals surface area contributed by atoms with E-state index in [1.807, 2.05) is 0 Å². The monoisotopic (exact) mass is 359 g/mol. The van der Waals surface area contributed by atoms with Gasteiger partial charge in [-0.15, -0.1) is 0 Å². The largest absolute Gasteiger partial charge is 0.299 e. The molecule has 94 valence electrons. The summed E-state index contributed by atoms with van der Waals surface area (Å²) in [5, 5.41) is 0. The summed E-state index contributed by atoms with van der Waals surface area (Å²) in [6.07, 6.45) is 2.63. The van der Waals surface area contributed by atoms with Crippen molar-refractivity contribution < 1.29 is 0 Å². The molecular weight excluding hydrogens is 342 g/mol. The van der Waals surface area contributed by atoms with Crippen molar-refractivity contribution in [3.05, 3.63) is 34.3 Å². The van der Waals surface area contributed by atoms with E-state index in [0.29, 0.717) is 4.83 Å². The van der Waals surface area contributed by atoms with Crippen molar-refractivity contribution in [3.8, 4) is 0 Å². The van der Waals surface area contributed by atoms with E-state index in [9.17, 15) is 0 Å². The summed E-state index contributed by atoms with van der Waals surface area (Å²) < 4.78 is 1.23. The fraction of sp³-hybridized carbons (Fsp3) is 0.571. The molecule has 0 N–H and O–H groups in total. The van der Waals surface area contributed by atoms with Crippen LogP contribution in [-0.4, -0.2) is 22.8 Å². The van der Waals surface area contributed by atoms with Gasteiger partial charge in [-0.3, -0.25) is 4.90 Å². The molecule has 0 amide bonds. The highest BCUT2D eigenvalue weighted by Gasteiger charge is 2.22. The normalized spacial score (nSPS) is 20.4. The first-order chi connectivity index (χ1) is 8.16. The number of hydrogen-bond donors (Lipinski definition) is 0. The summed E-state index contributed by atoms with van der Waals surface area (Å²) in [7, 11) is 0. The van der Waals surface area contributed by atoms with Crippen LogP contribution in [0.2, 0.25) is 0 Å². The number of likely N-dealkylation sites (tertiary alicyclic amines) is 1. The van der Waals surface area contributed by atoms with Crippen LogP contribution in [0.15, 0.2) is 28.7 Å². The number of piperidine rings is 1. The first-order valence-electron chi connectivity index (χ1n) is 6.26. The average molecular weight is 361 g/mol. The minimum Gasteiger partial charge on any atom is -0.299 e. The van der Waals surface area contributed by atoms with Gasteiger partial charge in [0.15, 0.2) is 0 Å². The number of nitrogens with zero attached hydrogens (tertiary/aromatic N) is 1. The van der Waals surface area contributed by atoms with E-state index < -0.39 is 0 Å². The second-order valence-corrected chi connectivity index (χ2v) is 7.18.